The zero-order valence-corrected chi connectivity index (χ0v) is 18.3. The Morgan fingerprint density at radius 1 is 1.13 bits per heavy atom. The number of rotatable bonds is 5. The summed E-state index contributed by atoms with van der Waals surface area (Å²) in [7, 11) is 0. The summed E-state index contributed by atoms with van der Waals surface area (Å²) in [5.74, 6) is -0.00829. The zero-order valence-electron chi connectivity index (χ0n) is 18.3. The Hall–Kier alpha value is -1.95. The topological polar surface area (TPSA) is 91.3 Å². The van der Waals surface area contributed by atoms with Gasteiger partial charge >= 0.3 is 0 Å². The van der Waals surface area contributed by atoms with Crippen LogP contribution in [0, 0.1) is 29.1 Å². The lowest BCUT2D eigenvalue weighted by molar-refractivity contribution is -0.142. The molecule has 0 spiro atoms. The molecule has 3 fully saturated rings. The second-order valence-electron chi connectivity index (χ2n) is 10.2. The number of nitrogens with one attached hydrogen (secondary N) is 2. The maximum Gasteiger partial charge on any atom is 0.251 e. The van der Waals surface area contributed by atoms with Crippen molar-refractivity contribution in [1.29, 1.82) is 0 Å². The van der Waals surface area contributed by atoms with Gasteiger partial charge in [-0.1, -0.05) is 20.8 Å². The van der Waals surface area contributed by atoms with Crippen LogP contribution in [0.25, 0.3) is 0 Å². The van der Waals surface area contributed by atoms with Gasteiger partial charge in [0.2, 0.25) is 5.91 Å². The molecule has 3 aliphatic rings. The van der Waals surface area contributed by atoms with Crippen LogP contribution < -0.4 is 10.6 Å². The van der Waals surface area contributed by atoms with Gasteiger partial charge in [-0.05, 0) is 73.8 Å². The monoisotopic (exact) mass is 413 g/mol. The van der Waals surface area contributed by atoms with Crippen molar-refractivity contribution in [1.82, 2.24) is 15.6 Å². The van der Waals surface area contributed by atoms with Gasteiger partial charge in [0.25, 0.3) is 5.91 Å². The molecular weight excluding hydrogens is 378 g/mol. The molecule has 164 valence electrons. The summed E-state index contributed by atoms with van der Waals surface area (Å²) in [6.45, 7) is 6.40. The van der Waals surface area contributed by atoms with Gasteiger partial charge in [-0.3, -0.25) is 14.6 Å². The number of amides is 2. The number of hydrogen-bond acceptors (Lipinski definition) is 4. The highest BCUT2D eigenvalue weighted by molar-refractivity contribution is 5.94. The molecule has 3 aliphatic carbocycles. The van der Waals surface area contributed by atoms with Crippen molar-refractivity contribution in [3.63, 3.8) is 0 Å². The maximum absolute atomic E-state index is 12.7. The lowest BCUT2D eigenvalue weighted by Crippen LogP contribution is -2.58. The molecule has 1 aromatic rings. The highest BCUT2D eigenvalue weighted by Gasteiger charge is 2.54. The molecule has 6 heteroatoms. The molecule has 3 saturated carbocycles. The third-order valence-corrected chi connectivity index (χ3v) is 8.13. The number of carbonyl (C=O) groups excluding carboxylic acids is 2. The van der Waals surface area contributed by atoms with Crippen molar-refractivity contribution in [2.24, 2.45) is 29.1 Å². The van der Waals surface area contributed by atoms with Gasteiger partial charge in [-0.15, -0.1) is 0 Å². The second-order valence-corrected chi connectivity index (χ2v) is 10.2. The SMILES string of the molecule is C[C@@H]1[C@@H]2[C@@H](O)[C@@H]([C@H](C)C(=O)NC3CC3)CC[C@]2(C)CC[C@@H]1NC(=O)c1ccncc1. The van der Waals surface area contributed by atoms with Gasteiger partial charge in [0, 0.05) is 36.0 Å². The van der Waals surface area contributed by atoms with Gasteiger partial charge in [0.1, 0.15) is 0 Å². The average Bonchev–Trinajstić information content (AvgIpc) is 3.54. The first-order valence-electron chi connectivity index (χ1n) is 11.5. The number of carbonyl (C=O) groups is 2. The summed E-state index contributed by atoms with van der Waals surface area (Å²) in [6, 6.07) is 3.80. The molecule has 1 heterocycles. The van der Waals surface area contributed by atoms with Gasteiger partial charge in [-0.25, -0.2) is 0 Å². The van der Waals surface area contributed by atoms with E-state index in [2.05, 4.69) is 29.5 Å². The summed E-state index contributed by atoms with van der Waals surface area (Å²) in [4.78, 5) is 29.3. The minimum atomic E-state index is -0.528. The molecule has 4 rings (SSSR count). The number of nitrogens with zero attached hydrogens (tertiary/aromatic N) is 1. The molecule has 0 bridgehead atoms. The van der Waals surface area contributed by atoms with E-state index in [-0.39, 0.29) is 46.9 Å². The Balaban J connectivity index is 1.46. The molecule has 30 heavy (non-hydrogen) atoms. The Morgan fingerprint density at radius 3 is 2.47 bits per heavy atom. The normalized spacial score (nSPS) is 37.0. The second kappa shape index (κ2) is 8.29. The summed E-state index contributed by atoms with van der Waals surface area (Å²) < 4.78 is 0. The number of pyridine rings is 1. The highest BCUT2D eigenvalue weighted by atomic mass is 16.3. The minimum absolute atomic E-state index is 0.0211. The minimum Gasteiger partial charge on any atom is -0.392 e. The first-order valence-corrected chi connectivity index (χ1v) is 11.5. The smallest absolute Gasteiger partial charge is 0.251 e. The van der Waals surface area contributed by atoms with Crippen molar-refractivity contribution < 1.29 is 14.7 Å². The fourth-order valence-corrected chi connectivity index (χ4v) is 6.01. The van der Waals surface area contributed by atoms with Gasteiger partial charge in [0.05, 0.1) is 6.10 Å². The predicted molar refractivity (Wildman–Crippen MR) is 115 cm³/mol. The van der Waals surface area contributed by atoms with E-state index in [1.165, 1.54) is 0 Å². The van der Waals surface area contributed by atoms with Crippen LogP contribution in [0.15, 0.2) is 24.5 Å². The van der Waals surface area contributed by atoms with E-state index in [0.29, 0.717) is 11.6 Å². The first kappa shape index (κ1) is 21.3. The van der Waals surface area contributed by atoms with Crippen molar-refractivity contribution >= 4 is 11.8 Å². The highest BCUT2D eigenvalue weighted by Crippen LogP contribution is 2.55. The Kier molecular flexibility index (Phi) is 5.88. The quantitative estimate of drug-likeness (QED) is 0.692. The molecule has 6 nitrogen and oxygen atoms in total. The van der Waals surface area contributed by atoms with Crippen molar-refractivity contribution in [3.05, 3.63) is 30.1 Å². The molecular formula is C24H35N3O3. The van der Waals surface area contributed by atoms with Crippen LogP contribution in [0.1, 0.15) is 69.7 Å². The van der Waals surface area contributed by atoms with E-state index >= 15 is 0 Å². The standard InChI is InChI=1S/C24H35N3O3/c1-14(22(29)26-17-4-5-17)18-6-10-24(3)11-7-19(15(2)20(24)21(18)28)27-23(30)16-8-12-25-13-9-16/h8-9,12-15,17-21,28H,4-7,10-11H2,1-3H3,(H,26,29)(H,27,30)/t14-,15-,18+,19-,20+,21-,24+/m0/s1. The number of aliphatic hydroxyl groups is 1. The number of hydrogen-bond donors (Lipinski definition) is 3. The van der Waals surface area contributed by atoms with E-state index in [4.69, 9.17) is 0 Å². The fourth-order valence-electron chi connectivity index (χ4n) is 6.01. The largest absolute Gasteiger partial charge is 0.392 e. The maximum atomic E-state index is 12.7. The summed E-state index contributed by atoms with van der Waals surface area (Å²) in [5, 5.41) is 17.7. The lowest BCUT2D eigenvalue weighted by Gasteiger charge is -2.56. The zero-order chi connectivity index (χ0) is 21.5. The third-order valence-electron chi connectivity index (χ3n) is 8.13. The van der Waals surface area contributed by atoms with E-state index in [1.54, 1.807) is 24.5 Å². The Bertz CT molecular complexity index is 781. The molecule has 0 aromatic carbocycles. The lowest BCUT2D eigenvalue weighted by atomic mass is 9.51. The number of fused-ring (bicyclic) bond motifs is 1. The molecule has 1 aromatic heterocycles. The van der Waals surface area contributed by atoms with E-state index in [1.807, 2.05) is 6.92 Å². The van der Waals surface area contributed by atoms with E-state index in [9.17, 15) is 14.7 Å². The van der Waals surface area contributed by atoms with Crippen LogP contribution in [-0.4, -0.2) is 40.1 Å². The summed E-state index contributed by atoms with van der Waals surface area (Å²) in [6.07, 6.45) is 8.67. The van der Waals surface area contributed by atoms with Crippen LogP contribution >= 0.6 is 0 Å². The van der Waals surface area contributed by atoms with E-state index < -0.39 is 6.10 Å². The van der Waals surface area contributed by atoms with Crippen molar-refractivity contribution in [2.75, 3.05) is 0 Å². The molecule has 0 aliphatic heterocycles. The van der Waals surface area contributed by atoms with Crippen LogP contribution in [0.3, 0.4) is 0 Å². The first-order chi connectivity index (χ1) is 14.3. The van der Waals surface area contributed by atoms with Crippen LogP contribution in [-0.2, 0) is 4.79 Å². The predicted octanol–water partition coefficient (Wildman–Crippen LogP) is 2.92. The molecule has 2 amide bonds. The Labute approximate surface area is 179 Å². The third kappa shape index (κ3) is 4.11. The van der Waals surface area contributed by atoms with Crippen molar-refractivity contribution in [2.45, 2.75) is 77.5 Å². The van der Waals surface area contributed by atoms with Gasteiger partial charge in [-0.2, -0.15) is 0 Å². The molecule has 0 unspecified atom stereocenters. The number of aliphatic hydroxyl groups excluding tert-OH is 1. The fraction of sp³-hybridized carbons (Fsp3) is 0.708. The summed E-state index contributed by atoms with van der Waals surface area (Å²) >= 11 is 0. The van der Waals surface area contributed by atoms with Crippen LogP contribution in [0.5, 0.6) is 0 Å². The average molecular weight is 414 g/mol. The van der Waals surface area contributed by atoms with Crippen LogP contribution in [0.2, 0.25) is 0 Å². The molecule has 0 radical (unpaired) electrons. The molecule has 7 atom stereocenters. The van der Waals surface area contributed by atoms with Gasteiger partial charge in [0.15, 0.2) is 0 Å². The summed E-state index contributed by atoms with van der Waals surface area (Å²) in [5.41, 5.74) is 0.665. The molecule has 3 N–H and O–H groups in total. The van der Waals surface area contributed by atoms with Gasteiger partial charge < -0.3 is 15.7 Å². The van der Waals surface area contributed by atoms with Crippen LogP contribution in [0.4, 0.5) is 0 Å². The Morgan fingerprint density at radius 2 is 1.80 bits per heavy atom. The van der Waals surface area contributed by atoms with Crippen molar-refractivity contribution in [3.8, 4) is 0 Å². The van der Waals surface area contributed by atoms with E-state index in [0.717, 1.165) is 38.5 Å². The molecule has 0 saturated heterocycles. The number of aromatic nitrogens is 1.